The minimum Gasteiger partial charge on any atom is -0.388 e. The van der Waals surface area contributed by atoms with Crippen LogP contribution in [-0.2, 0) is 6.42 Å². The van der Waals surface area contributed by atoms with Gasteiger partial charge in [0.05, 0.1) is 12.0 Å². The van der Waals surface area contributed by atoms with Gasteiger partial charge in [-0.2, -0.15) is 4.98 Å². The highest BCUT2D eigenvalue weighted by molar-refractivity contribution is 5.27. The van der Waals surface area contributed by atoms with Gasteiger partial charge < -0.3 is 20.3 Å². The molecule has 1 unspecified atom stereocenters. The highest BCUT2D eigenvalue weighted by atomic mass is 16.5. The van der Waals surface area contributed by atoms with Crippen molar-refractivity contribution in [3.05, 3.63) is 5.89 Å². The second-order valence-corrected chi connectivity index (χ2v) is 5.27. The predicted molar refractivity (Wildman–Crippen MR) is 68.4 cm³/mol. The zero-order valence-electron chi connectivity index (χ0n) is 10.9. The molecule has 102 valence electrons. The molecule has 0 spiro atoms. The fraction of sp³-hybridized carbons (Fsp3) is 0.833. The Morgan fingerprint density at radius 2 is 2.00 bits per heavy atom. The van der Waals surface area contributed by atoms with Crippen molar-refractivity contribution in [3.8, 4) is 0 Å². The Balaban J connectivity index is 2.00. The zero-order valence-corrected chi connectivity index (χ0v) is 10.9. The molecule has 18 heavy (non-hydrogen) atoms. The Kier molecular flexibility index (Phi) is 4.19. The molecule has 6 heteroatoms. The van der Waals surface area contributed by atoms with Crippen molar-refractivity contribution in [1.29, 1.82) is 0 Å². The van der Waals surface area contributed by atoms with E-state index < -0.39 is 5.60 Å². The summed E-state index contributed by atoms with van der Waals surface area (Å²) in [6.07, 6.45) is 5.17. The molecule has 6 nitrogen and oxygen atoms in total. The first-order valence-corrected chi connectivity index (χ1v) is 6.61. The highest BCUT2D eigenvalue weighted by Crippen LogP contribution is 2.18. The van der Waals surface area contributed by atoms with Gasteiger partial charge in [-0.05, 0) is 24.9 Å². The number of nitrogens with zero attached hydrogens (tertiary/aromatic N) is 3. The minimum atomic E-state index is -0.984. The maximum atomic E-state index is 9.87. The van der Waals surface area contributed by atoms with Crippen LogP contribution in [0.1, 0.15) is 38.5 Å². The number of nitrogens with two attached hydrogens (primary N) is 1. The fourth-order valence-corrected chi connectivity index (χ4v) is 2.11. The largest absolute Gasteiger partial charge is 0.388 e. The second kappa shape index (κ2) is 5.67. The maximum Gasteiger partial charge on any atom is 0.266 e. The molecule has 1 aromatic rings. The Bertz CT molecular complexity index is 370. The normalized spacial score (nSPS) is 20.5. The van der Waals surface area contributed by atoms with E-state index in [1.165, 1.54) is 25.7 Å². The standard InChI is InChI=1S/C12H22N4O2/c1-12(17,9-13)8-10-14-11(15-18-10)16-6-4-2-3-5-7-16/h17H,2-9,13H2,1H3. The zero-order chi connectivity index (χ0) is 13.0. The first kappa shape index (κ1) is 13.3. The van der Waals surface area contributed by atoms with Gasteiger partial charge in [0.2, 0.25) is 5.89 Å². The lowest BCUT2D eigenvalue weighted by atomic mass is 10.0. The molecule has 0 saturated carbocycles. The summed E-state index contributed by atoms with van der Waals surface area (Å²) in [4.78, 5) is 6.49. The van der Waals surface area contributed by atoms with Crippen molar-refractivity contribution in [2.75, 3.05) is 24.5 Å². The number of hydrogen-bond donors (Lipinski definition) is 2. The van der Waals surface area contributed by atoms with Crippen molar-refractivity contribution in [3.63, 3.8) is 0 Å². The molecule has 1 atom stereocenters. The predicted octanol–water partition coefficient (Wildman–Crippen LogP) is 0.702. The summed E-state index contributed by atoms with van der Waals surface area (Å²) in [6.45, 7) is 3.80. The molecule has 0 aliphatic carbocycles. The molecule has 1 aliphatic rings. The quantitative estimate of drug-likeness (QED) is 0.822. The van der Waals surface area contributed by atoms with Crippen LogP contribution in [0.4, 0.5) is 5.95 Å². The molecule has 0 amide bonds. The van der Waals surface area contributed by atoms with E-state index in [0.717, 1.165) is 13.1 Å². The van der Waals surface area contributed by atoms with Crippen LogP contribution in [-0.4, -0.2) is 40.5 Å². The molecule has 2 rings (SSSR count). The topological polar surface area (TPSA) is 88.4 Å². The van der Waals surface area contributed by atoms with E-state index in [4.69, 9.17) is 10.3 Å². The van der Waals surface area contributed by atoms with Gasteiger partial charge in [-0.3, -0.25) is 0 Å². The average molecular weight is 254 g/mol. The maximum absolute atomic E-state index is 9.87. The van der Waals surface area contributed by atoms with Gasteiger partial charge in [-0.15, -0.1) is 0 Å². The molecule has 0 aromatic carbocycles. The van der Waals surface area contributed by atoms with Gasteiger partial charge in [-0.25, -0.2) is 0 Å². The van der Waals surface area contributed by atoms with E-state index in [9.17, 15) is 5.11 Å². The third-order valence-electron chi connectivity index (χ3n) is 3.32. The number of hydrogen-bond acceptors (Lipinski definition) is 6. The third-order valence-corrected chi connectivity index (χ3v) is 3.32. The van der Waals surface area contributed by atoms with Crippen molar-refractivity contribution in [2.24, 2.45) is 5.73 Å². The van der Waals surface area contributed by atoms with E-state index >= 15 is 0 Å². The molecule has 1 fully saturated rings. The third kappa shape index (κ3) is 3.43. The molecule has 1 aliphatic heterocycles. The molecule has 1 aromatic heterocycles. The molecule has 3 N–H and O–H groups in total. The SMILES string of the molecule is CC(O)(CN)Cc1nc(N2CCCCCC2)no1. The average Bonchev–Trinajstić information content (AvgIpc) is 2.64. The first-order valence-electron chi connectivity index (χ1n) is 6.61. The molecule has 1 saturated heterocycles. The molecular weight excluding hydrogens is 232 g/mol. The summed E-state index contributed by atoms with van der Waals surface area (Å²) < 4.78 is 5.18. The Morgan fingerprint density at radius 3 is 2.61 bits per heavy atom. The lowest BCUT2D eigenvalue weighted by Gasteiger charge is -2.18. The van der Waals surface area contributed by atoms with Crippen LogP contribution in [0.3, 0.4) is 0 Å². The summed E-state index contributed by atoms with van der Waals surface area (Å²) in [5, 5.41) is 13.9. The summed E-state index contributed by atoms with van der Waals surface area (Å²) in [5.41, 5.74) is 4.49. The number of aromatic nitrogens is 2. The van der Waals surface area contributed by atoms with Gasteiger partial charge in [0.1, 0.15) is 0 Å². The van der Waals surface area contributed by atoms with Crippen LogP contribution in [0.5, 0.6) is 0 Å². The van der Waals surface area contributed by atoms with Crippen LogP contribution in [0.15, 0.2) is 4.52 Å². The van der Waals surface area contributed by atoms with Gasteiger partial charge in [0, 0.05) is 19.6 Å². The van der Waals surface area contributed by atoms with Crippen LogP contribution in [0.2, 0.25) is 0 Å². The first-order chi connectivity index (χ1) is 8.61. The lowest BCUT2D eigenvalue weighted by molar-refractivity contribution is 0.0610. The molecule has 0 radical (unpaired) electrons. The summed E-state index contributed by atoms with van der Waals surface area (Å²) >= 11 is 0. The fourth-order valence-electron chi connectivity index (χ4n) is 2.11. The second-order valence-electron chi connectivity index (χ2n) is 5.27. The number of aliphatic hydroxyl groups is 1. The molecular formula is C12H22N4O2. The van der Waals surface area contributed by atoms with Crippen molar-refractivity contribution in [2.45, 2.75) is 44.6 Å². The van der Waals surface area contributed by atoms with Crippen LogP contribution < -0.4 is 10.6 Å². The Morgan fingerprint density at radius 1 is 1.33 bits per heavy atom. The van der Waals surface area contributed by atoms with Crippen molar-refractivity contribution >= 4 is 5.95 Å². The Labute approximate surface area is 107 Å². The van der Waals surface area contributed by atoms with Crippen LogP contribution >= 0.6 is 0 Å². The van der Waals surface area contributed by atoms with Gasteiger partial charge in [0.15, 0.2) is 0 Å². The van der Waals surface area contributed by atoms with E-state index in [1.54, 1.807) is 6.92 Å². The number of anilines is 1. The van der Waals surface area contributed by atoms with Crippen LogP contribution in [0, 0.1) is 0 Å². The van der Waals surface area contributed by atoms with Crippen molar-refractivity contribution < 1.29 is 9.63 Å². The van der Waals surface area contributed by atoms with Gasteiger partial charge in [-0.1, -0.05) is 12.8 Å². The van der Waals surface area contributed by atoms with E-state index in [1.807, 2.05) is 0 Å². The number of rotatable bonds is 4. The smallest absolute Gasteiger partial charge is 0.266 e. The summed E-state index contributed by atoms with van der Waals surface area (Å²) in [7, 11) is 0. The summed E-state index contributed by atoms with van der Waals surface area (Å²) in [6, 6.07) is 0. The lowest BCUT2D eigenvalue weighted by Crippen LogP contribution is -2.36. The monoisotopic (exact) mass is 254 g/mol. The van der Waals surface area contributed by atoms with E-state index in [2.05, 4.69) is 15.0 Å². The van der Waals surface area contributed by atoms with E-state index in [-0.39, 0.29) is 6.54 Å². The van der Waals surface area contributed by atoms with Crippen LogP contribution in [0.25, 0.3) is 0 Å². The van der Waals surface area contributed by atoms with Gasteiger partial charge in [0.25, 0.3) is 5.95 Å². The highest BCUT2D eigenvalue weighted by Gasteiger charge is 2.24. The molecule has 0 bridgehead atoms. The van der Waals surface area contributed by atoms with E-state index in [0.29, 0.717) is 18.3 Å². The minimum absolute atomic E-state index is 0.175. The van der Waals surface area contributed by atoms with Crippen molar-refractivity contribution in [1.82, 2.24) is 10.1 Å². The summed E-state index contributed by atoms with van der Waals surface area (Å²) in [5.74, 6) is 1.09. The Hall–Kier alpha value is -1.14. The molecule has 2 heterocycles. The van der Waals surface area contributed by atoms with Gasteiger partial charge >= 0.3 is 0 Å².